The number of halogens is 1. The van der Waals surface area contributed by atoms with Crippen LogP contribution < -0.4 is 11.2 Å². The molecule has 0 amide bonds. The van der Waals surface area contributed by atoms with Crippen LogP contribution in [0.15, 0.2) is 31.7 Å². The number of hydrogen-bond acceptors (Lipinski definition) is 6. The van der Waals surface area contributed by atoms with E-state index in [1.165, 1.54) is 22.1 Å². The minimum atomic E-state index is -0.756. The van der Waals surface area contributed by atoms with Crippen LogP contribution in [0.4, 0.5) is 0 Å². The van der Waals surface area contributed by atoms with E-state index in [4.69, 9.17) is 14.6 Å². The molecule has 0 saturated carbocycles. The summed E-state index contributed by atoms with van der Waals surface area (Å²) in [5, 5.41) is 8.98. The molecule has 0 radical (unpaired) electrons. The second-order valence-corrected chi connectivity index (χ2v) is 6.81. The molecule has 21 heavy (non-hydrogen) atoms. The Morgan fingerprint density at radius 3 is 2.90 bits per heavy atom. The normalized spacial score (nSPS) is 21.8. The summed E-state index contributed by atoms with van der Waals surface area (Å²) in [5.41, 5.74) is -0.656. The Morgan fingerprint density at radius 1 is 1.48 bits per heavy atom. The van der Waals surface area contributed by atoms with Crippen molar-refractivity contribution < 1.29 is 14.6 Å². The number of thiophene rings is 1. The van der Waals surface area contributed by atoms with Crippen molar-refractivity contribution in [2.24, 2.45) is 0 Å². The summed E-state index contributed by atoms with van der Waals surface area (Å²) >= 11 is 4.72. The Labute approximate surface area is 130 Å². The molecule has 7 nitrogen and oxygen atoms in total. The summed E-state index contributed by atoms with van der Waals surface area (Å²) < 4.78 is 12.7. The number of aliphatic hydroxyl groups excluding tert-OH is 1. The largest absolute Gasteiger partial charge is 0.391 e. The lowest BCUT2D eigenvalue weighted by Gasteiger charge is -2.13. The van der Waals surface area contributed by atoms with Crippen LogP contribution >= 0.6 is 27.3 Å². The number of nitrogens with zero attached hydrogens (tertiary/aromatic N) is 1. The van der Waals surface area contributed by atoms with Crippen LogP contribution in [-0.4, -0.2) is 34.2 Å². The van der Waals surface area contributed by atoms with E-state index in [-0.39, 0.29) is 13.2 Å². The van der Waals surface area contributed by atoms with E-state index >= 15 is 0 Å². The number of rotatable bonds is 3. The number of aromatic nitrogens is 2. The summed E-state index contributed by atoms with van der Waals surface area (Å²) in [7, 11) is 0. The Bertz CT molecular complexity index is 767. The van der Waals surface area contributed by atoms with Crippen LogP contribution in [0.2, 0.25) is 0 Å². The minimum Gasteiger partial charge on any atom is -0.391 e. The van der Waals surface area contributed by atoms with Gasteiger partial charge in [-0.1, -0.05) is 0 Å². The molecule has 9 heteroatoms. The fourth-order valence-corrected chi connectivity index (χ4v) is 3.41. The fourth-order valence-electron chi connectivity index (χ4n) is 2.02. The highest BCUT2D eigenvalue weighted by molar-refractivity contribution is 9.11. The fraction of sp³-hybridized carbons (Fsp3) is 0.333. The third-order valence-corrected chi connectivity index (χ3v) is 4.66. The number of aromatic amines is 1. The number of hydrogen-bond donors (Lipinski definition) is 2. The number of nitrogens with one attached hydrogen (secondary N) is 1. The first-order valence-electron chi connectivity index (χ1n) is 6.07. The maximum Gasteiger partial charge on any atom is 0.330 e. The zero-order chi connectivity index (χ0) is 15.0. The first-order chi connectivity index (χ1) is 10.1. The van der Waals surface area contributed by atoms with Crippen LogP contribution in [0.25, 0.3) is 10.4 Å². The lowest BCUT2D eigenvalue weighted by Crippen LogP contribution is -2.33. The van der Waals surface area contributed by atoms with Gasteiger partial charge in [0.1, 0.15) is 0 Å². The van der Waals surface area contributed by atoms with Crippen LogP contribution in [0, 0.1) is 0 Å². The minimum absolute atomic E-state index is 0.130. The van der Waals surface area contributed by atoms with Crippen molar-refractivity contribution in [3.63, 3.8) is 0 Å². The molecule has 112 valence electrons. The lowest BCUT2D eigenvalue weighted by molar-refractivity contribution is -0.0992. The van der Waals surface area contributed by atoms with Gasteiger partial charge in [-0.05, 0) is 28.1 Å². The van der Waals surface area contributed by atoms with E-state index in [2.05, 4.69) is 20.9 Å². The van der Waals surface area contributed by atoms with Gasteiger partial charge < -0.3 is 14.6 Å². The molecule has 1 aliphatic rings. The maximum atomic E-state index is 11.9. The van der Waals surface area contributed by atoms with E-state index in [9.17, 15) is 9.59 Å². The second kappa shape index (κ2) is 5.85. The molecular weight excluding hydrogens is 364 g/mol. The summed E-state index contributed by atoms with van der Waals surface area (Å²) in [6.45, 7) is -0.163. The molecule has 0 aliphatic carbocycles. The van der Waals surface area contributed by atoms with Crippen molar-refractivity contribution >= 4 is 27.3 Å². The van der Waals surface area contributed by atoms with Crippen LogP contribution in [0.5, 0.6) is 0 Å². The van der Waals surface area contributed by atoms with Crippen molar-refractivity contribution in [1.29, 1.82) is 0 Å². The van der Waals surface area contributed by atoms with Crippen molar-refractivity contribution in [3.05, 3.63) is 43.0 Å². The van der Waals surface area contributed by atoms with Gasteiger partial charge in [0.25, 0.3) is 5.56 Å². The Hall–Kier alpha value is -1.26. The smallest absolute Gasteiger partial charge is 0.330 e. The maximum absolute atomic E-state index is 11.9. The highest BCUT2D eigenvalue weighted by atomic mass is 79.9. The molecule has 2 N–H and O–H groups in total. The molecule has 2 atom stereocenters. The molecule has 0 spiro atoms. The monoisotopic (exact) mass is 374 g/mol. The molecule has 3 rings (SSSR count). The topological polar surface area (TPSA) is 93.6 Å². The molecule has 0 aromatic carbocycles. The summed E-state index contributed by atoms with van der Waals surface area (Å²) in [6, 6.07) is 3.61. The predicted octanol–water partition coefficient (Wildman–Crippen LogP) is 0.891. The number of H-pyrrole nitrogens is 1. The molecule has 2 unspecified atom stereocenters. The van der Waals surface area contributed by atoms with Gasteiger partial charge in [-0.15, -0.1) is 11.3 Å². The van der Waals surface area contributed by atoms with Gasteiger partial charge in [0.15, 0.2) is 12.5 Å². The third-order valence-electron chi connectivity index (χ3n) is 3.00. The molecular formula is C12H11BrN2O5S. The van der Waals surface area contributed by atoms with Crippen LogP contribution in [0.1, 0.15) is 6.23 Å². The molecule has 0 bridgehead atoms. The van der Waals surface area contributed by atoms with Gasteiger partial charge in [0, 0.05) is 11.1 Å². The SMILES string of the molecule is O=c1[nH]c(=O)n(C2COC(CO)O2)cc1-c1ccc(Br)s1. The van der Waals surface area contributed by atoms with Crippen LogP contribution in [0.3, 0.4) is 0 Å². The van der Waals surface area contributed by atoms with Gasteiger partial charge in [-0.25, -0.2) is 4.79 Å². The highest BCUT2D eigenvalue weighted by Crippen LogP contribution is 2.29. The number of aliphatic hydroxyl groups is 1. The first kappa shape index (κ1) is 14.7. The van der Waals surface area contributed by atoms with Crippen molar-refractivity contribution in [2.45, 2.75) is 12.5 Å². The molecule has 2 aromatic heterocycles. The third kappa shape index (κ3) is 2.87. The lowest BCUT2D eigenvalue weighted by atomic mass is 10.3. The quantitative estimate of drug-likeness (QED) is 0.831. The van der Waals surface area contributed by atoms with Gasteiger partial charge >= 0.3 is 5.69 Å². The Kier molecular flexibility index (Phi) is 4.09. The van der Waals surface area contributed by atoms with Gasteiger partial charge in [-0.3, -0.25) is 14.3 Å². The van der Waals surface area contributed by atoms with E-state index in [1.54, 1.807) is 6.07 Å². The zero-order valence-corrected chi connectivity index (χ0v) is 13.0. The Balaban J connectivity index is 2.02. The zero-order valence-electron chi connectivity index (χ0n) is 10.6. The first-order valence-corrected chi connectivity index (χ1v) is 7.68. The molecule has 3 heterocycles. The molecule has 1 aliphatic heterocycles. The summed E-state index contributed by atoms with van der Waals surface area (Å²) in [5.74, 6) is 0. The van der Waals surface area contributed by atoms with E-state index in [0.717, 1.165) is 8.66 Å². The molecule has 2 aromatic rings. The summed E-state index contributed by atoms with van der Waals surface area (Å²) in [6.07, 6.45) is 0.0227. The second-order valence-electron chi connectivity index (χ2n) is 4.35. The molecule has 1 fully saturated rings. The van der Waals surface area contributed by atoms with Crippen molar-refractivity contribution in [1.82, 2.24) is 9.55 Å². The van der Waals surface area contributed by atoms with E-state index in [0.29, 0.717) is 5.56 Å². The van der Waals surface area contributed by atoms with Crippen molar-refractivity contribution in [3.8, 4) is 10.4 Å². The molecule has 1 saturated heterocycles. The number of ether oxygens (including phenoxy) is 2. The van der Waals surface area contributed by atoms with E-state index < -0.39 is 23.8 Å². The Morgan fingerprint density at radius 2 is 2.29 bits per heavy atom. The van der Waals surface area contributed by atoms with Crippen LogP contribution in [-0.2, 0) is 9.47 Å². The standard InChI is InChI=1S/C12H11BrN2O5S/c13-8-2-1-7(21-8)6-3-15(12(18)14-11(6)17)9-5-19-10(4-16)20-9/h1-3,9-10,16H,4-5H2,(H,14,17,18). The predicted molar refractivity (Wildman–Crippen MR) is 79.3 cm³/mol. The average Bonchev–Trinajstić information content (AvgIpc) is 3.08. The van der Waals surface area contributed by atoms with Crippen molar-refractivity contribution in [2.75, 3.05) is 13.2 Å². The van der Waals surface area contributed by atoms with Gasteiger partial charge in [0.05, 0.1) is 22.6 Å². The highest BCUT2D eigenvalue weighted by Gasteiger charge is 2.28. The average molecular weight is 375 g/mol. The van der Waals surface area contributed by atoms with E-state index in [1.807, 2.05) is 6.07 Å². The van der Waals surface area contributed by atoms with Gasteiger partial charge in [0.2, 0.25) is 0 Å². The summed E-state index contributed by atoms with van der Waals surface area (Å²) in [4.78, 5) is 26.9. The van der Waals surface area contributed by atoms with Gasteiger partial charge in [-0.2, -0.15) is 0 Å².